The van der Waals surface area contributed by atoms with Crippen molar-refractivity contribution >= 4 is 22.9 Å². The molecule has 3 aromatic rings. The van der Waals surface area contributed by atoms with E-state index in [1.807, 2.05) is 30.3 Å². The number of ether oxygens (including phenoxy) is 1. The Labute approximate surface area is 238 Å². The van der Waals surface area contributed by atoms with Gasteiger partial charge in [0, 0.05) is 48.8 Å². The van der Waals surface area contributed by atoms with Crippen LogP contribution in [0.3, 0.4) is 0 Å². The molecule has 5 rings (SSSR count). The van der Waals surface area contributed by atoms with Crippen LogP contribution in [-0.4, -0.2) is 47.1 Å². The average molecular weight is 545 g/mol. The number of fused-ring (bicyclic) bond motifs is 1. The second-order valence-corrected chi connectivity index (χ2v) is 11.9. The van der Waals surface area contributed by atoms with Gasteiger partial charge in [-0.05, 0) is 67.6 Å². The van der Waals surface area contributed by atoms with Gasteiger partial charge < -0.3 is 24.8 Å². The van der Waals surface area contributed by atoms with E-state index >= 15 is 0 Å². The van der Waals surface area contributed by atoms with Crippen molar-refractivity contribution in [3.05, 3.63) is 71.9 Å². The van der Waals surface area contributed by atoms with E-state index in [1.54, 1.807) is 0 Å². The molecule has 0 spiro atoms. The molecule has 7 heteroatoms. The number of nitrogens with zero attached hydrogens (tertiary/aromatic N) is 2. The summed E-state index contributed by atoms with van der Waals surface area (Å²) in [5, 5.41) is 6.68. The van der Waals surface area contributed by atoms with Crippen LogP contribution in [0.5, 0.6) is 0 Å². The number of para-hydroxylation sites is 1. The summed E-state index contributed by atoms with van der Waals surface area (Å²) in [6.45, 7) is 7.54. The topological polar surface area (TPSA) is 75.6 Å². The molecule has 2 fully saturated rings. The van der Waals surface area contributed by atoms with Gasteiger partial charge in [0.2, 0.25) is 5.91 Å². The first-order chi connectivity index (χ1) is 19.5. The molecule has 1 aromatic heterocycles. The van der Waals surface area contributed by atoms with E-state index in [-0.39, 0.29) is 19.1 Å². The van der Waals surface area contributed by atoms with Crippen LogP contribution in [0.25, 0.3) is 10.9 Å². The van der Waals surface area contributed by atoms with E-state index in [0.29, 0.717) is 12.6 Å². The maximum absolute atomic E-state index is 12.5. The third kappa shape index (κ3) is 7.05. The van der Waals surface area contributed by atoms with Crippen LogP contribution in [-0.2, 0) is 22.7 Å². The van der Waals surface area contributed by atoms with Crippen LogP contribution in [0.1, 0.15) is 69.5 Å². The number of likely N-dealkylation sites (tertiary alicyclic amines) is 1. The van der Waals surface area contributed by atoms with Gasteiger partial charge in [0.05, 0.1) is 0 Å². The first-order valence-corrected chi connectivity index (χ1v) is 15.0. The number of carbonyl (C=O) groups excluding carboxylic acids is 2. The fourth-order valence-corrected chi connectivity index (χ4v) is 6.57. The number of hydrogen-bond acceptors (Lipinski definition) is 4. The predicted molar refractivity (Wildman–Crippen MR) is 159 cm³/mol. The first-order valence-electron chi connectivity index (χ1n) is 15.0. The molecule has 1 saturated heterocycles. The number of alkyl carbamates (subject to hydrolysis) is 1. The zero-order valence-electron chi connectivity index (χ0n) is 24.0. The molecule has 0 radical (unpaired) electrons. The van der Waals surface area contributed by atoms with Crippen molar-refractivity contribution in [2.75, 3.05) is 19.6 Å². The highest BCUT2D eigenvalue weighted by molar-refractivity contribution is 5.86. The third-order valence-electron chi connectivity index (χ3n) is 9.00. The first kappa shape index (κ1) is 28.2. The zero-order valence-corrected chi connectivity index (χ0v) is 24.0. The van der Waals surface area contributed by atoms with E-state index in [4.69, 9.17) is 4.74 Å². The molecule has 2 heterocycles. The number of hydrogen-bond donors (Lipinski definition) is 2. The maximum Gasteiger partial charge on any atom is 0.407 e. The standard InChI is InChI=1S/C33H44N4O3/c1-24(2)26-12-14-28(15-13-26)36-18-16-29(17-19-36)37-22-27(30-10-6-7-11-31(30)37)20-34-32(38)21-35-33(39)40-23-25-8-4-3-5-9-25/h3-11,22,24,26,28-29H,12-21,23H2,1-2H3,(H,34,38)(H,35,39). The largest absolute Gasteiger partial charge is 0.445 e. The molecular formula is C33H44N4O3. The van der Waals surface area contributed by atoms with Crippen molar-refractivity contribution in [2.24, 2.45) is 11.8 Å². The summed E-state index contributed by atoms with van der Waals surface area (Å²) < 4.78 is 7.63. The number of nitrogens with one attached hydrogen (secondary N) is 2. The van der Waals surface area contributed by atoms with Gasteiger partial charge in [-0.1, -0.05) is 62.4 Å². The molecule has 1 aliphatic carbocycles. The summed E-state index contributed by atoms with van der Waals surface area (Å²) in [6.07, 6.45) is 9.39. The fourth-order valence-electron chi connectivity index (χ4n) is 6.57. The SMILES string of the molecule is CC(C)C1CCC(N2CCC(n3cc(CNC(=O)CNC(=O)OCc4ccccc4)c4ccccc43)CC2)CC1. The normalized spacial score (nSPS) is 20.5. The Morgan fingerprint density at radius 2 is 1.57 bits per heavy atom. The Bertz CT molecular complexity index is 1260. The van der Waals surface area contributed by atoms with Gasteiger partial charge in [0.1, 0.15) is 13.2 Å². The molecule has 1 aliphatic heterocycles. The van der Waals surface area contributed by atoms with Gasteiger partial charge in [-0.15, -0.1) is 0 Å². The average Bonchev–Trinajstić information content (AvgIpc) is 3.37. The second-order valence-electron chi connectivity index (χ2n) is 11.9. The van der Waals surface area contributed by atoms with E-state index < -0.39 is 6.09 Å². The highest BCUT2D eigenvalue weighted by Gasteiger charge is 2.30. The maximum atomic E-state index is 12.5. The summed E-state index contributed by atoms with van der Waals surface area (Å²) in [4.78, 5) is 27.2. The minimum absolute atomic E-state index is 0.121. The Morgan fingerprint density at radius 3 is 2.30 bits per heavy atom. The number of piperidine rings is 1. The van der Waals surface area contributed by atoms with Crippen molar-refractivity contribution in [3.63, 3.8) is 0 Å². The van der Waals surface area contributed by atoms with Gasteiger partial charge in [-0.2, -0.15) is 0 Å². The van der Waals surface area contributed by atoms with E-state index in [9.17, 15) is 9.59 Å². The number of aromatic nitrogens is 1. The van der Waals surface area contributed by atoms with Gasteiger partial charge in [-0.25, -0.2) is 4.79 Å². The lowest BCUT2D eigenvalue weighted by atomic mass is 9.79. The zero-order chi connectivity index (χ0) is 27.9. The highest BCUT2D eigenvalue weighted by Crippen LogP contribution is 2.36. The smallest absolute Gasteiger partial charge is 0.407 e. The number of rotatable bonds is 9. The Hall–Kier alpha value is -3.32. The minimum atomic E-state index is -0.602. The van der Waals surface area contributed by atoms with Gasteiger partial charge in [0.15, 0.2) is 0 Å². The van der Waals surface area contributed by atoms with E-state index in [2.05, 4.69) is 64.4 Å². The van der Waals surface area contributed by atoms with Crippen molar-refractivity contribution in [3.8, 4) is 0 Å². The lowest BCUT2D eigenvalue weighted by Crippen LogP contribution is -2.43. The van der Waals surface area contributed by atoms with Crippen molar-refractivity contribution in [1.82, 2.24) is 20.1 Å². The molecule has 1 saturated carbocycles. The third-order valence-corrected chi connectivity index (χ3v) is 9.00. The van der Waals surface area contributed by atoms with E-state index in [0.717, 1.165) is 54.9 Å². The summed E-state index contributed by atoms with van der Waals surface area (Å²) >= 11 is 0. The van der Waals surface area contributed by atoms with Crippen LogP contribution >= 0.6 is 0 Å². The lowest BCUT2D eigenvalue weighted by molar-refractivity contribution is -0.120. The molecule has 0 bridgehead atoms. The summed E-state index contributed by atoms with van der Waals surface area (Å²) in [5.41, 5.74) is 3.23. The summed E-state index contributed by atoms with van der Waals surface area (Å²) in [6, 6.07) is 19.2. The van der Waals surface area contributed by atoms with Gasteiger partial charge in [0.25, 0.3) is 0 Å². The second kappa shape index (κ2) is 13.4. The molecule has 0 unspecified atom stereocenters. The molecule has 2 aromatic carbocycles. The molecule has 2 amide bonds. The molecule has 7 nitrogen and oxygen atoms in total. The quantitative estimate of drug-likeness (QED) is 0.345. The molecule has 2 N–H and O–H groups in total. The summed E-state index contributed by atoms with van der Waals surface area (Å²) in [5.74, 6) is 1.47. The number of amides is 2. The number of benzene rings is 2. The molecule has 40 heavy (non-hydrogen) atoms. The molecule has 2 aliphatic rings. The van der Waals surface area contributed by atoms with Crippen LogP contribution in [0, 0.1) is 11.8 Å². The predicted octanol–water partition coefficient (Wildman–Crippen LogP) is 6.04. The van der Waals surface area contributed by atoms with Crippen LogP contribution in [0.4, 0.5) is 4.79 Å². The lowest BCUT2D eigenvalue weighted by Gasteiger charge is -2.42. The van der Waals surface area contributed by atoms with Crippen molar-refractivity contribution in [2.45, 2.75) is 77.6 Å². The van der Waals surface area contributed by atoms with Crippen molar-refractivity contribution in [1.29, 1.82) is 0 Å². The van der Waals surface area contributed by atoms with Crippen LogP contribution < -0.4 is 10.6 Å². The number of carbonyl (C=O) groups is 2. The fraction of sp³-hybridized carbons (Fsp3) is 0.515. The van der Waals surface area contributed by atoms with Crippen molar-refractivity contribution < 1.29 is 14.3 Å². The Kier molecular flexibility index (Phi) is 9.42. The van der Waals surface area contributed by atoms with E-state index in [1.165, 1.54) is 36.6 Å². The minimum Gasteiger partial charge on any atom is -0.445 e. The van der Waals surface area contributed by atoms with Gasteiger partial charge >= 0.3 is 6.09 Å². The summed E-state index contributed by atoms with van der Waals surface area (Å²) in [7, 11) is 0. The highest BCUT2D eigenvalue weighted by atomic mass is 16.5. The van der Waals surface area contributed by atoms with Crippen LogP contribution in [0.15, 0.2) is 60.8 Å². The Morgan fingerprint density at radius 1 is 0.875 bits per heavy atom. The molecular weight excluding hydrogens is 500 g/mol. The Balaban J connectivity index is 1.11. The van der Waals surface area contributed by atoms with Crippen LogP contribution in [0.2, 0.25) is 0 Å². The molecule has 0 atom stereocenters. The monoisotopic (exact) mass is 544 g/mol. The molecule has 214 valence electrons. The van der Waals surface area contributed by atoms with Gasteiger partial charge in [-0.3, -0.25) is 4.79 Å².